The molecule has 2 aromatic carbocycles. The molecule has 1 amide bonds. The van der Waals surface area contributed by atoms with E-state index in [4.69, 9.17) is 9.47 Å². The normalized spacial score (nSPS) is 14.3. The van der Waals surface area contributed by atoms with Crippen LogP contribution in [0.15, 0.2) is 42.5 Å². The Morgan fingerprint density at radius 3 is 2.67 bits per heavy atom. The summed E-state index contributed by atoms with van der Waals surface area (Å²) in [5.41, 5.74) is 3.67. The molecule has 0 aromatic heterocycles. The summed E-state index contributed by atoms with van der Waals surface area (Å²) in [5.74, 6) is 0.678. The summed E-state index contributed by atoms with van der Waals surface area (Å²) in [7, 11) is 2.14. The number of aryl methyl sites for hydroxylation is 2. The molecule has 0 spiro atoms. The van der Waals surface area contributed by atoms with E-state index < -0.39 is 0 Å². The Bertz CT molecular complexity index is 937. The second kappa shape index (κ2) is 12.5. The summed E-state index contributed by atoms with van der Waals surface area (Å²) in [6, 6.07) is 14.2. The zero-order valence-corrected chi connectivity index (χ0v) is 20.1. The van der Waals surface area contributed by atoms with Crippen molar-refractivity contribution in [2.24, 2.45) is 0 Å². The number of carbonyl (C=O) groups is 2. The smallest absolute Gasteiger partial charge is 0.220 e. The highest BCUT2D eigenvalue weighted by Gasteiger charge is 2.18. The third-order valence-electron chi connectivity index (χ3n) is 6.19. The SMILES string of the molecule is Cc1ccc(C)c(C(=O)CCC(=O)NCc2cccc(OCCN(C)C3CCOCC3)c2)c1. The first-order valence-corrected chi connectivity index (χ1v) is 11.8. The maximum atomic E-state index is 12.5. The van der Waals surface area contributed by atoms with Crippen LogP contribution < -0.4 is 10.1 Å². The highest BCUT2D eigenvalue weighted by atomic mass is 16.5. The average Bonchev–Trinajstić information content (AvgIpc) is 2.83. The lowest BCUT2D eigenvalue weighted by Gasteiger charge is -2.31. The van der Waals surface area contributed by atoms with Gasteiger partial charge in [0.1, 0.15) is 12.4 Å². The quantitative estimate of drug-likeness (QED) is 0.521. The van der Waals surface area contributed by atoms with E-state index in [2.05, 4.69) is 17.3 Å². The third kappa shape index (κ3) is 7.98. The van der Waals surface area contributed by atoms with E-state index in [1.807, 2.05) is 56.3 Å². The number of likely N-dealkylation sites (N-methyl/N-ethyl adjacent to an activating group) is 1. The van der Waals surface area contributed by atoms with E-state index in [1.54, 1.807) is 0 Å². The van der Waals surface area contributed by atoms with Crippen molar-refractivity contribution in [1.82, 2.24) is 10.2 Å². The Morgan fingerprint density at radius 2 is 1.88 bits per heavy atom. The lowest BCUT2D eigenvalue weighted by Crippen LogP contribution is -2.38. The Hall–Kier alpha value is -2.70. The van der Waals surface area contributed by atoms with E-state index in [0.717, 1.165) is 55.0 Å². The van der Waals surface area contributed by atoms with Gasteiger partial charge in [0.2, 0.25) is 5.91 Å². The standard InChI is InChI=1S/C27H36N2O4/c1-20-7-8-21(2)25(17-20)26(30)9-10-27(31)28-19-22-5-4-6-24(18-22)33-16-13-29(3)23-11-14-32-15-12-23/h4-8,17-18,23H,9-16,19H2,1-3H3,(H,28,31). The van der Waals surface area contributed by atoms with Gasteiger partial charge < -0.3 is 14.8 Å². The van der Waals surface area contributed by atoms with Crippen LogP contribution in [0.5, 0.6) is 5.75 Å². The number of benzene rings is 2. The highest BCUT2D eigenvalue weighted by Crippen LogP contribution is 2.16. The summed E-state index contributed by atoms with van der Waals surface area (Å²) in [6.07, 6.45) is 2.53. The first kappa shape index (κ1) is 24.9. The first-order valence-electron chi connectivity index (χ1n) is 11.8. The Balaban J connectivity index is 1.39. The molecular formula is C27H36N2O4. The second-order valence-corrected chi connectivity index (χ2v) is 8.84. The van der Waals surface area contributed by atoms with Gasteiger partial charge in [0.15, 0.2) is 5.78 Å². The minimum Gasteiger partial charge on any atom is -0.492 e. The van der Waals surface area contributed by atoms with Crippen LogP contribution in [0.3, 0.4) is 0 Å². The predicted molar refractivity (Wildman–Crippen MR) is 130 cm³/mol. The molecule has 0 aliphatic carbocycles. The van der Waals surface area contributed by atoms with Crippen LogP contribution in [0.1, 0.15) is 52.7 Å². The van der Waals surface area contributed by atoms with Crippen LogP contribution in [-0.2, 0) is 16.1 Å². The first-order chi connectivity index (χ1) is 15.9. The average molecular weight is 453 g/mol. The molecule has 0 bridgehead atoms. The lowest BCUT2D eigenvalue weighted by molar-refractivity contribution is -0.121. The molecular weight excluding hydrogens is 416 g/mol. The fourth-order valence-electron chi connectivity index (χ4n) is 4.05. The van der Waals surface area contributed by atoms with Gasteiger partial charge in [-0.3, -0.25) is 14.5 Å². The van der Waals surface area contributed by atoms with Gasteiger partial charge in [-0.15, -0.1) is 0 Å². The van der Waals surface area contributed by atoms with E-state index in [9.17, 15) is 9.59 Å². The highest BCUT2D eigenvalue weighted by molar-refractivity contribution is 5.99. The Labute approximate surface area is 197 Å². The zero-order valence-electron chi connectivity index (χ0n) is 20.1. The van der Waals surface area contributed by atoms with E-state index in [-0.39, 0.29) is 24.5 Å². The number of nitrogens with zero attached hydrogens (tertiary/aromatic N) is 1. The van der Waals surface area contributed by atoms with Crippen LogP contribution >= 0.6 is 0 Å². The number of ether oxygens (including phenoxy) is 2. The summed E-state index contributed by atoms with van der Waals surface area (Å²) >= 11 is 0. The van der Waals surface area contributed by atoms with Crippen LogP contribution in [0.2, 0.25) is 0 Å². The van der Waals surface area contributed by atoms with Crippen molar-refractivity contribution in [2.75, 3.05) is 33.4 Å². The van der Waals surface area contributed by atoms with Crippen molar-refractivity contribution >= 4 is 11.7 Å². The van der Waals surface area contributed by atoms with Crippen LogP contribution in [0, 0.1) is 13.8 Å². The molecule has 1 aliphatic heterocycles. The van der Waals surface area contributed by atoms with E-state index >= 15 is 0 Å². The van der Waals surface area contributed by atoms with Crippen molar-refractivity contribution in [3.05, 3.63) is 64.7 Å². The van der Waals surface area contributed by atoms with Gasteiger partial charge in [0, 0.05) is 50.8 Å². The summed E-state index contributed by atoms with van der Waals surface area (Å²) in [4.78, 5) is 27.1. The van der Waals surface area contributed by atoms with Crippen LogP contribution in [0.4, 0.5) is 0 Å². The maximum absolute atomic E-state index is 12.5. The Kier molecular flexibility index (Phi) is 9.46. The third-order valence-corrected chi connectivity index (χ3v) is 6.19. The van der Waals surface area contributed by atoms with Gasteiger partial charge in [0.25, 0.3) is 0 Å². The van der Waals surface area contributed by atoms with Gasteiger partial charge >= 0.3 is 0 Å². The summed E-state index contributed by atoms with van der Waals surface area (Å²) < 4.78 is 11.4. The monoisotopic (exact) mass is 452 g/mol. The van der Waals surface area contributed by atoms with Crippen molar-refractivity contribution < 1.29 is 19.1 Å². The molecule has 178 valence electrons. The van der Waals surface area contributed by atoms with E-state index in [0.29, 0.717) is 24.8 Å². The molecule has 0 saturated carbocycles. The van der Waals surface area contributed by atoms with Crippen LogP contribution in [0.25, 0.3) is 0 Å². The number of amides is 1. The minimum absolute atomic E-state index is 0.00691. The predicted octanol–water partition coefficient (Wildman–Crippen LogP) is 4.07. The summed E-state index contributed by atoms with van der Waals surface area (Å²) in [5, 5.41) is 2.91. The molecule has 6 nitrogen and oxygen atoms in total. The molecule has 0 atom stereocenters. The number of ketones is 1. The molecule has 1 N–H and O–H groups in total. The Morgan fingerprint density at radius 1 is 1.09 bits per heavy atom. The number of rotatable bonds is 11. The molecule has 33 heavy (non-hydrogen) atoms. The van der Waals surface area contributed by atoms with Gasteiger partial charge in [-0.25, -0.2) is 0 Å². The zero-order chi connectivity index (χ0) is 23.6. The number of Topliss-reactive ketones (excluding diaryl/α,β-unsaturated/α-hetero) is 1. The van der Waals surface area contributed by atoms with Gasteiger partial charge in [-0.05, 0) is 63.1 Å². The molecule has 1 fully saturated rings. The fourth-order valence-corrected chi connectivity index (χ4v) is 4.05. The van der Waals surface area contributed by atoms with Crippen molar-refractivity contribution in [3.8, 4) is 5.75 Å². The molecule has 3 rings (SSSR count). The number of hydrogen-bond acceptors (Lipinski definition) is 5. The molecule has 1 aliphatic rings. The second-order valence-electron chi connectivity index (χ2n) is 8.84. The number of hydrogen-bond donors (Lipinski definition) is 1. The fraction of sp³-hybridized carbons (Fsp3) is 0.481. The van der Waals surface area contributed by atoms with Gasteiger partial charge in [-0.1, -0.05) is 29.8 Å². The van der Waals surface area contributed by atoms with Gasteiger partial charge in [0.05, 0.1) is 0 Å². The van der Waals surface area contributed by atoms with Crippen LogP contribution in [-0.4, -0.2) is 56.0 Å². The topological polar surface area (TPSA) is 67.9 Å². The number of nitrogens with one attached hydrogen (secondary N) is 1. The minimum atomic E-state index is -0.127. The van der Waals surface area contributed by atoms with Crippen molar-refractivity contribution in [1.29, 1.82) is 0 Å². The number of carbonyl (C=O) groups excluding carboxylic acids is 2. The largest absolute Gasteiger partial charge is 0.492 e. The van der Waals surface area contributed by atoms with Gasteiger partial charge in [-0.2, -0.15) is 0 Å². The molecule has 1 heterocycles. The maximum Gasteiger partial charge on any atom is 0.220 e. The van der Waals surface area contributed by atoms with Crippen molar-refractivity contribution in [3.63, 3.8) is 0 Å². The van der Waals surface area contributed by atoms with E-state index in [1.165, 1.54) is 0 Å². The molecule has 1 saturated heterocycles. The molecule has 0 unspecified atom stereocenters. The van der Waals surface area contributed by atoms with Crippen molar-refractivity contribution in [2.45, 2.75) is 52.1 Å². The molecule has 0 radical (unpaired) electrons. The summed E-state index contributed by atoms with van der Waals surface area (Å²) in [6.45, 7) is 7.45. The molecule has 6 heteroatoms. The lowest BCUT2D eigenvalue weighted by atomic mass is 9.99. The molecule has 2 aromatic rings.